The number of pyridine rings is 1. The molecule has 0 saturated carbocycles. The molecule has 0 aliphatic heterocycles. The van der Waals surface area contributed by atoms with E-state index < -0.39 is 10.0 Å². The Morgan fingerprint density at radius 1 is 1.04 bits per heavy atom. The van der Waals surface area contributed by atoms with Crippen molar-refractivity contribution in [3.05, 3.63) is 54.7 Å². The van der Waals surface area contributed by atoms with Gasteiger partial charge in [-0.25, -0.2) is 8.42 Å². The Kier molecular flexibility index (Phi) is 5.48. The maximum Gasteiger partial charge on any atom is 0.243 e. The van der Waals surface area contributed by atoms with Crippen LogP contribution in [0.2, 0.25) is 0 Å². The zero-order valence-electron chi connectivity index (χ0n) is 15.1. The van der Waals surface area contributed by atoms with Crippen molar-refractivity contribution < 1.29 is 13.5 Å². The maximum absolute atomic E-state index is 12.6. The molecule has 3 aromatic rings. The third-order valence-electron chi connectivity index (χ3n) is 4.16. The molecule has 2 aromatic carbocycles. The topological polar surface area (TPSA) is 95.2 Å². The molecule has 0 atom stereocenters. The summed E-state index contributed by atoms with van der Waals surface area (Å²) < 4.78 is 26.7. The molecule has 27 heavy (non-hydrogen) atoms. The summed E-state index contributed by atoms with van der Waals surface area (Å²) in [6.45, 7) is 4.40. The second kappa shape index (κ2) is 7.81. The van der Waals surface area contributed by atoms with E-state index in [2.05, 4.69) is 15.2 Å². The Balaban J connectivity index is 1.97. The largest absolute Gasteiger partial charge is 0.507 e. The molecule has 0 unspecified atom stereocenters. The molecule has 1 aromatic heterocycles. The van der Waals surface area contributed by atoms with Crippen LogP contribution in [0.4, 0.5) is 11.4 Å². The lowest BCUT2D eigenvalue weighted by Crippen LogP contribution is -2.30. The van der Waals surface area contributed by atoms with Crippen molar-refractivity contribution in [1.29, 1.82) is 0 Å². The normalized spacial score (nSPS) is 12.3. The summed E-state index contributed by atoms with van der Waals surface area (Å²) in [6.07, 6.45) is 1.61. The first-order valence-electron chi connectivity index (χ1n) is 8.56. The van der Waals surface area contributed by atoms with Crippen molar-refractivity contribution in [2.24, 2.45) is 10.2 Å². The minimum Gasteiger partial charge on any atom is -0.507 e. The van der Waals surface area contributed by atoms with Crippen LogP contribution in [0.15, 0.2) is 69.9 Å². The number of sulfonamides is 1. The third-order valence-corrected chi connectivity index (χ3v) is 6.21. The fourth-order valence-corrected chi connectivity index (χ4v) is 4.25. The zero-order valence-corrected chi connectivity index (χ0v) is 15.9. The Labute approximate surface area is 158 Å². The van der Waals surface area contributed by atoms with Gasteiger partial charge in [-0.3, -0.25) is 4.98 Å². The quantitative estimate of drug-likeness (QED) is 0.638. The average Bonchev–Trinajstić information content (AvgIpc) is 2.69. The Morgan fingerprint density at radius 3 is 2.56 bits per heavy atom. The number of azo groups is 1. The van der Waals surface area contributed by atoms with E-state index in [4.69, 9.17) is 0 Å². The van der Waals surface area contributed by atoms with E-state index in [0.29, 0.717) is 35.4 Å². The van der Waals surface area contributed by atoms with Crippen LogP contribution in [0, 0.1) is 0 Å². The fourth-order valence-electron chi connectivity index (χ4n) is 2.75. The van der Waals surface area contributed by atoms with Crippen LogP contribution in [0.25, 0.3) is 10.9 Å². The molecule has 7 nitrogen and oxygen atoms in total. The van der Waals surface area contributed by atoms with E-state index in [1.807, 2.05) is 0 Å². The molecule has 140 valence electrons. The number of phenols is 1. The highest BCUT2D eigenvalue weighted by Gasteiger charge is 2.21. The number of aromatic hydroxyl groups is 1. The molecule has 0 saturated heterocycles. The highest BCUT2D eigenvalue weighted by Crippen LogP contribution is 2.32. The number of phenolic OH excluding ortho intramolecular Hbond substituents is 1. The summed E-state index contributed by atoms with van der Waals surface area (Å²) in [7, 11) is -3.56. The molecule has 3 rings (SSSR count). The van der Waals surface area contributed by atoms with Gasteiger partial charge in [0.25, 0.3) is 0 Å². The molecule has 0 bridgehead atoms. The van der Waals surface area contributed by atoms with E-state index >= 15 is 0 Å². The van der Waals surface area contributed by atoms with Crippen molar-refractivity contribution in [2.45, 2.75) is 18.7 Å². The van der Waals surface area contributed by atoms with Gasteiger partial charge < -0.3 is 5.11 Å². The van der Waals surface area contributed by atoms with Gasteiger partial charge in [0, 0.05) is 24.7 Å². The zero-order chi connectivity index (χ0) is 19.4. The maximum atomic E-state index is 12.6. The first kappa shape index (κ1) is 18.9. The molecule has 0 aliphatic carbocycles. The summed E-state index contributed by atoms with van der Waals surface area (Å²) in [5.74, 6) is 0.115. The van der Waals surface area contributed by atoms with Crippen molar-refractivity contribution in [3.63, 3.8) is 0 Å². The average molecular weight is 384 g/mol. The van der Waals surface area contributed by atoms with Crippen LogP contribution in [0.5, 0.6) is 5.75 Å². The van der Waals surface area contributed by atoms with Crippen molar-refractivity contribution in [1.82, 2.24) is 9.29 Å². The lowest BCUT2D eigenvalue weighted by atomic mass is 10.2. The Bertz CT molecular complexity index is 1090. The predicted molar refractivity (Wildman–Crippen MR) is 104 cm³/mol. The fraction of sp³-hybridized carbons (Fsp3) is 0.211. The van der Waals surface area contributed by atoms with Crippen LogP contribution in [0.1, 0.15) is 13.8 Å². The number of aromatic nitrogens is 1. The number of rotatable bonds is 6. The van der Waals surface area contributed by atoms with Crippen molar-refractivity contribution in [2.75, 3.05) is 13.1 Å². The first-order chi connectivity index (χ1) is 13.0. The van der Waals surface area contributed by atoms with E-state index in [9.17, 15) is 13.5 Å². The molecule has 0 fully saturated rings. The molecule has 1 N–H and O–H groups in total. The van der Waals surface area contributed by atoms with Crippen molar-refractivity contribution >= 4 is 32.3 Å². The Hall–Kier alpha value is -2.84. The smallest absolute Gasteiger partial charge is 0.243 e. The number of benzene rings is 2. The van der Waals surface area contributed by atoms with Gasteiger partial charge in [0.15, 0.2) is 0 Å². The molecule has 0 spiro atoms. The summed E-state index contributed by atoms with van der Waals surface area (Å²) in [5.41, 5.74) is 1.42. The van der Waals surface area contributed by atoms with Crippen LogP contribution in [-0.2, 0) is 10.0 Å². The standard InChI is InChI=1S/C19H20N4O3S/c1-3-23(4-2)27(25,26)15-8-5-7-14(13-15)21-22-17-10-11-18(24)16-9-6-12-20-19(16)17/h5-13,24H,3-4H2,1-2H3. The SMILES string of the molecule is CCN(CC)S(=O)(=O)c1cccc(N=Nc2ccc(O)c3cccnc23)c1. The van der Waals surface area contributed by atoms with Gasteiger partial charge in [-0.2, -0.15) is 9.42 Å². The second-order valence-electron chi connectivity index (χ2n) is 5.79. The van der Waals surface area contributed by atoms with E-state index in [1.165, 1.54) is 16.4 Å². The van der Waals surface area contributed by atoms with Crippen LogP contribution >= 0.6 is 0 Å². The predicted octanol–water partition coefficient (Wildman–Crippen LogP) is 4.39. The second-order valence-corrected chi connectivity index (χ2v) is 7.73. The minimum absolute atomic E-state index is 0.115. The lowest BCUT2D eigenvalue weighted by Gasteiger charge is -2.18. The molecular weight excluding hydrogens is 364 g/mol. The lowest BCUT2D eigenvalue weighted by molar-refractivity contribution is 0.445. The first-order valence-corrected chi connectivity index (χ1v) is 10.00. The van der Waals surface area contributed by atoms with Gasteiger partial charge in [0.2, 0.25) is 10.0 Å². The highest BCUT2D eigenvalue weighted by molar-refractivity contribution is 7.89. The highest BCUT2D eigenvalue weighted by atomic mass is 32.2. The Morgan fingerprint density at radius 2 is 1.81 bits per heavy atom. The van der Waals surface area contributed by atoms with Gasteiger partial charge in [0.05, 0.1) is 10.6 Å². The van der Waals surface area contributed by atoms with Gasteiger partial charge >= 0.3 is 0 Å². The summed E-state index contributed by atoms with van der Waals surface area (Å²) >= 11 is 0. The summed E-state index contributed by atoms with van der Waals surface area (Å²) in [6, 6.07) is 13.0. The molecule has 0 aliphatic rings. The van der Waals surface area contributed by atoms with E-state index in [1.54, 1.807) is 56.4 Å². The van der Waals surface area contributed by atoms with Gasteiger partial charge in [-0.15, -0.1) is 5.11 Å². The minimum atomic E-state index is -3.56. The van der Waals surface area contributed by atoms with E-state index in [0.717, 1.165) is 0 Å². The number of hydrogen-bond donors (Lipinski definition) is 1. The molecule has 1 heterocycles. The third kappa shape index (κ3) is 3.81. The number of fused-ring (bicyclic) bond motifs is 1. The van der Waals surface area contributed by atoms with Crippen molar-refractivity contribution in [3.8, 4) is 5.75 Å². The number of hydrogen-bond acceptors (Lipinski definition) is 6. The number of nitrogens with zero attached hydrogens (tertiary/aromatic N) is 4. The van der Waals surface area contributed by atoms with Gasteiger partial charge in [0.1, 0.15) is 17.0 Å². The molecule has 8 heteroatoms. The van der Waals surface area contributed by atoms with E-state index in [-0.39, 0.29) is 10.6 Å². The van der Waals surface area contributed by atoms with Gasteiger partial charge in [-0.1, -0.05) is 19.9 Å². The molecule has 0 amide bonds. The summed E-state index contributed by atoms with van der Waals surface area (Å²) in [5, 5.41) is 18.9. The van der Waals surface area contributed by atoms with Crippen LogP contribution in [-0.4, -0.2) is 35.9 Å². The monoisotopic (exact) mass is 384 g/mol. The molecular formula is C19H20N4O3S. The molecule has 0 radical (unpaired) electrons. The van der Waals surface area contributed by atoms with Gasteiger partial charge in [-0.05, 0) is 42.5 Å². The van der Waals surface area contributed by atoms with Crippen LogP contribution in [0.3, 0.4) is 0 Å². The van der Waals surface area contributed by atoms with Crippen LogP contribution < -0.4 is 0 Å². The summed E-state index contributed by atoms with van der Waals surface area (Å²) in [4.78, 5) is 4.42.